The minimum Gasteiger partial charge on any atom is -0.433 e. The number of carbonyl (C=O) groups is 1. The van der Waals surface area contributed by atoms with Gasteiger partial charge in [0.15, 0.2) is 23.2 Å². The highest BCUT2D eigenvalue weighted by Crippen LogP contribution is 2.38. The number of fused-ring (bicyclic) bond motifs is 1. The SMILES string of the molecule is Cc1cc2c(F)c(Oc3ncnc(Nc4ccc(N5CCNCC5)cc4)c3F)cc(F)c2n1C(=O)C1CC1. The van der Waals surface area contributed by atoms with Crippen LogP contribution in [-0.4, -0.2) is 46.6 Å². The van der Waals surface area contributed by atoms with Gasteiger partial charge in [-0.25, -0.2) is 13.8 Å². The summed E-state index contributed by atoms with van der Waals surface area (Å²) in [6, 6.07) is 9.65. The van der Waals surface area contributed by atoms with Crippen molar-refractivity contribution >= 4 is 34.0 Å². The predicted octanol–water partition coefficient (Wildman–Crippen LogP) is 5.15. The lowest BCUT2D eigenvalue weighted by molar-refractivity contribution is 0.0889. The smallest absolute Gasteiger partial charge is 0.261 e. The Kier molecular flexibility index (Phi) is 6.15. The molecule has 38 heavy (non-hydrogen) atoms. The van der Waals surface area contributed by atoms with E-state index < -0.39 is 29.1 Å². The Morgan fingerprint density at radius 3 is 2.50 bits per heavy atom. The van der Waals surface area contributed by atoms with Crippen LogP contribution in [0.4, 0.5) is 30.4 Å². The summed E-state index contributed by atoms with van der Waals surface area (Å²) >= 11 is 0. The summed E-state index contributed by atoms with van der Waals surface area (Å²) in [5.41, 5.74) is 1.90. The molecule has 0 unspecified atom stereocenters. The zero-order chi connectivity index (χ0) is 26.4. The molecule has 1 saturated carbocycles. The lowest BCUT2D eigenvalue weighted by Gasteiger charge is -2.29. The van der Waals surface area contributed by atoms with Gasteiger partial charge < -0.3 is 20.3 Å². The fourth-order valence-corrected chi connectivity index (χ4v) is 4.72. The number of nitrogens with zero attached hydrogens (tertiary/aromatic N) is 4. The highest BCUT2D eigenvalue weighted by Gasteiger charge is 2.33. The van der Waals surface area contributed by atoms with Gasteiger partial charge in [0.1, 0.15) is 6.33 Å². The maximum Gasteiger partial charge on any atom is 0.261 e. The van der Waals surface area contributed by atoms with Crippen molar-refractivity contribution in [1.29, 1.82) is 0 Å². The van der Waals surface area contributed by atoms with E-state index >= 15 is 13.2 Å². The van der Waals surface area contributed by atoms with Gasteiger partial charge >= 0.3 is 0 Å². The summed E-state index contributed by atoms with van der Waals surface area (Å²) in [7, 11) is 0. The van der Waals surface area contributed by atoms with E-state index in [1.54, 1.807) is 19.1 Å². The monoisotopic (exact) mass is 522 g/mol. The molecule has 1 aliphatic heterocycles. The number of hydrogen-bond donors (Lipinski definition) is 2. The van der Waals surface area contributed by atoms with Crippen LogP contribution in [0, 0.1) is 30.3 Å². The molecule has 2 aromatic heterocycles. The van der Waals surface area contributed by atoms with Gasteiger partial charge in [-0.15, -0.1) is 0 Å². The molecule has 2 aromatic carbocycles. The molecule has 2 N–H and O–H groups in total. The second-order valence-electron chi connectivity index (χ2n) is 9.52. The van der Waals surface area contributed by atoms with E-state index in [0.717, 1.165) is 57.1 Å². The predicted molar refractivity (Wildman–Crippen MR) is 137 cm³/mol. The number of benzene rings is 2. The second-order valence-corrected chi connectivity index (χ2v) is 9.52. The summed E-state index contributed by atoms with van der Waals surface area (Å²) in [5.74, 6) is -4.46. The van der Waals surface area contributed by atoms with Crippen LogP contribution < -0.4 is 20.3 Å². The Balaban J connectivity index is 1.25. The second kappa shape index (κ2) is 9.64. The molecule has 0 spiro atoms. The van der Waals surface area contributed by atoms with Crippen LogP contribution in [0.25, 0.3) is 10.9 Å². The first kappa shape index (κ1) is 24.2. The fourth-order valence-electron chi connectivity index (χ4n) is 4.72. The minimum absolute atomic E-state index is 0.121. The number of rotatable bonds is 6. The van der Waals surface area contributed by atoms with Crippen LogP contribution in [0.2, 0.25) is 0 Å². The van der Waals surface area contributed by atoms with Gasteiger partial charge in [0.05, 0.1) is 5.52 Å². The summed E-state index contributed by atoms with van der Waals surface area (Å²) in [5, 5.41) is 6.06. The molecule has 3 heterocycles. The summed E-state index contributed by atoms with van der Waals surface area (Å²) in [6.45, 7) is 5.24. The summed E-state index contributed by atoms with van der Waals surface area (Å²) < 4.78 is 52.3. The normalized spacial score (nSPS) is 15.6. The van der Waals surface area contributed by atoms with Gasteiger partial charge in [0.2, 0.25) is 11.7 Å². The average molecular weight is 523 g/mol. The largest absolute Gasteiger partial charge is 0.433 e. The van der Waals surface area contributed by atoms with Crippen molar-refractivity contribution in [2.45, 2.75) is 19.8 Å². The third-order valence-electron chi connectivity index (χ3n) is 6.84. The maximum atomic E-state index is 15.4. The van der Waals surface area contributed by atoms with Gasteiger partial charge in [-0.05, 0) is 50.1 Å². The lowest BCUT2D eigenvalue weighted by atomic mass is 10.2. The highest BCUT2D eigenvalue weighted by atomic mass is 19.1. The Morgan fingerprint density at radius 1 is 1.05 bits per heavy atom. The zero-order valence-corrected chi connectivity index (χ0v) is 20.6. The molecule has 0 amide bonds. The van der Waals surface area contributed by atoms with E-state index in [1.807, 2.05) is 12.1 Å². The van der Waals surface area contributed by atoms with Gasteiger partial charge in [0, 0.05) is 60.6 Å². The van der Waals surface area contributed by atoms with Crippen LogP contribution in [0.5, 0.6) is 11.6 Å². The van der Waals surface area contributed by atoms with E-state index in [0.29, 0.717) is 11.4 Å². The number of hydrogen-bond acceptors (Lipinski definition) is 7. The number of piperazine rings is 1. The number of aryl methyl sites for hydroxylation is 1. The standard InChI is InChI=1S/C27H25F3N6O2/c1-15-12-19-22(29)21(13-20(28)24(19)36(15)27(37)16-2-3-16)38-26-23(30)25(32-14-33-26)34-17-4-6-18(7-5-17)35-10-8-31-9-11-35/h4-7,12-14,16,31H,2-3,8-11H2,1H3,(H,32,33,34). The van der Waals surface area contributed by atoms with Gasteiger partial charge in [0.25, 0.3) is 5.88 Å². The topological polar surface area (TPSA) is 84.3 Å². The highest BCUT2D eigenvalue weighted by molar-refractivity contribution is 5.96. The number of halogens is 3. The first-order valence-corrected chi connectivity index (χ1v) is 12.5. The molecular formula is C27H25F3N6O2. The van der Waals surface area contributed by atoms with Crippen molar-refractivity contribution in [3.63, 3.8) is 0 Å². The van der Waals surface area contributed by atoms with Crippen molar-refractivity contribution in [2.24, 2.45) is 5.92 Å². The number of anilines is 3. The average Bonchev–Trinajstić information content (AvgIpc) is 3.72. The zero-order valence-electron chi connectivity index (χ0n) is 20.6. The Bertz CT molecular complexity index is 1530. The Morgan fingerprint density at radius 2 is 1.79 bits per heavy atom. The molecule has 2 aliphatic rings. The third kappa shape index (κ3) is 4.43. The number of ether oxygens (including phenoxy) is 1. The molecule has 0 bridgehead atoms. The van der Waals surface area contributed by atoms with Crippen molar-refractivity contribution in [3.8, 4) is 11.6 Å². The lowest BCUT2D eigenvalue weighted by Crippen LogP contribution is -2.43. The first-order chi connectivity index (χ1) is 18.4. The fraction of sp³-hybridized carbons (Fsp3) is 0.296. The van der Waals surface area contributed by atoms with Crippen molar-refractivity contribution in [1.82, 2.24) is 19.9 Å². The molecule has 4 aromatic rings. The molecule has 8 nitrogen and oxygen atoms in total. The molecule has 0 radical (unpaired) electrons. The number of aromatic nitrogens is 3. The summed E-state index contributed by atoms with van der Waals surface area (Å²) in [6.07, 6.45) is 2.53. The Hall–Kier alpha value is -4.12. The number of nitrogens with one attached hydrogen (secondary N) is 2. The Labute approximate surface area is 216 Å². The molecule has 196 valence electrons. The molecule has 1 aliphatic carbocycles. The molecule has 6 rings (SSSR count). The van der Waals surface area contributed by atoms with E-state index in [9.17, 15) is 4.79 Å². The molecule has 0 atom stereocenters. The third-order valence-corrected chi connectivity index (χ3v) is 6.84. The van der Waals surface area contributed by atoms with Crippen LogP contribution in [-0.2, 0) is 0 Å². The van der Waals surface area contributed by atoms with E-state index in [2.05, 4.69) is 25.5 Å². The van der Waals surface area contributed by atoms with E-state index in [1.165, 1.54) is 10.6 Å². The molecule has 2 fully saturated rings. The van der Waals surface area contributed by atoms with Crippen molar-refractivity contribution in [3.05, 3.63) is 65.9 Å². The molecule has 11 heteroatoms. The maximum absolute atomic E-state index is 15.4. The first-order valence-electron chi connectivity index (χ1n) is 12.5. The van der Waals surface area contributed by atoms with Crippen LogP contribution in [0.15, 0.2) is 42.7 Å². The molecule has 1 saturated heterocycles. The van der Waals surface area contributed by atoms with Gasteiger partial charge in [-0.2, -0.15) is 9.37 Å². The van der Waals surface area contributed by atoms with Crippen LogP contribution >= 0.6 is 0 Å². The summed E-state index contributed by atoms with van der Waals surface area (Å²) in [4.78, 5) is 22.6. The van der Waals surface area contributed by atoms with Crippen LogP contribution in [0.3, 0.4) is 0 Å². The van der Waals surface area contributed by atoms with Crippen molar-refractivity contribution < 1.29 is 22.7 Å². The van der Waals surface area contributed by atoms with Crippen LogP contribution in [0.1, 0.15) is 23.3 Å². The van der Waals surface area contributed by atoms with E-state index in [4.69, 9.17) is 4.74 Å². The molecular weight excluding hydrogens is 497 g/mol. The van der Waals surface area contributed by atoms with Crippen molar-refractivity contribution in [2.75, 3.05) is 36.4 Å². The van der Waals surface area contributed by atoms with Gasteiger partial charge in [-0.1, -0.05) is 0 Å². The quantitative estimate of drug-likeness (QED) is 0.362. The van der Waals surface area contributed by atoms with Gasteiger partial charge in [-0.3, -0.25) is 9.36 Å². The number of carbonyl (C=O) groups excluding carboxylic acids is 1. The van der Waals surface area contributed by atoms with E-state index in [-0.39, 0.29) is 28.5 Å². The minimum atomic E-state index is -0.962.